The average Bonchev–Trinajstić information content (AvgIpc) is 3.77. The summed E-state index contributed by atoms with van der Waals surface area (Å²) < 4.78 is 66.1. The lowest BCUT2D eigenvalue weighted by atomic mass is 10.0. The number of piperazine rings is 1. The number of aromatic nitrogens is 1. The first kappa shape index (κ1) is 38.2. The number of nitrogens with zero attached hydrogens (tertiary/aromatic N) is 5. The quantitative estimate of drug-likeness (QED) is 0.199. The van der Waals surface area contributed by atoms with Crippen molar-refractivity contribution in [1.82, 2.24) is 20.1 Å². The molecular formula is C36H37F3N6O9S. The standard InChI is InChI=1S/C36H37F3N6O9S/c37-24-2-1-21(26-20-55-36(40-26)44-9-11-51-12-10-44)32(31(24)39)54-16-15-52-13-14-53-19-30(47)43-7-5-42(6-8-43)28-18-23-22(17-25(28)38)34(49)45(35(23)50)27-3-4-29(46)41-33(27)48/h1-2,17-18,20,27H,3-16,19H2,(H,41,46,48). The molecule has 2 aromatic carbocycles. The second-order valence-electron chi connectivity index (χ2n) is 13.0. The predicted octanol–water partition coefficient (Wildman–Crippen LogP) is 2.23. The third kappa shape index (κ3) is 8.14. The molecule has 0 bridgehead atoms. The highest BCUT2D eigenvalue weighted by molar-refractivity contribution is 7.14. The number of anilines is 2. The Hall–Kier alpha value is -5.11. The molecule has 0 radical (unpaired) electrons. The molecule has 55 heavy (non-hydrogen) atoms. The van der Waals surface area contributed by atoms with Gasteiger partial charge in [0.15, 0.2) is 16.7 Å². The number of nitrogens with one attached hydrogen (secondary N) is 1. The molecule has 1 aromatic heterocycles. The number of benzene rings is 2. The lowest BCUT2D eigenvalue weighted by molar-refractivity contribution is -0.137. The maximum Gasteiger partial charge on any atom is 0.262 e. The Labute approximate surface area is 316 Å². The van der Waals surface area contributed by atoms with Crippen molar-refractivity contribution in [3.63, 3.8) is 0 Å². The van der Waals surface area contributed by atoms with E-state index in [9.17, 15) is 32.8 Å². The van der Waals surface area contributed by atoms with Crippen LogP contribution in [0, 0.1) is 17.5 Å². The van der Waals surface area contributed by atoms with Crippen molar-refractivity contribution in [2.45, 2.75) is 18.9 Å². The van der Waals surface area contributed by atoms with E-state index in [4.69, 9.17) is 18.9 Å². The Morgan fingerprint density at radius 3 is 2.31 bits per heavy atom. The van der Waals surface area contributed by atoms with Crippen LogP contribution in [0.4, 0.5) is 24.0 Å². The number of fused-ring (bicyclic) bond motifs is 1. The highest BCUT2D eigenvalue weighted by atomic mass is 32.1. The molecule has 292 valence electrons. The first-order chi connectivity index (χ1) is 26.6. The molecule has 3 fully saturated rings. The molecule has 0 spiro atoms. The minimum Gasteiger partial charge on any atom is -0.487 e. The summed E-state index contributed by atoms with van der Waals surface area (Å²) in [6, 6.07) is 3.57. The number of hydrogen-bond acceptors (Lipinski definition) is 13. The van der Waals surface area contributed by atoms with Gasteiger partial charge in [-0.1, -0.05) is 0 Å². The van der Waals surface area contributed by atoms with E-state index < -0.39 is 47.1 Å². The van der Waals surface area contributed by atoms with Crippen LogP contribution in [0.15, 0.2) is 29.6 Å². The monoisotopic (exact) mass is 786 g/mol. The number of rotatable bonds is 13. The van der Waals surface area contributed by atoms with Crippen molar-refractivity contribution in [3.05, 3.63) is 58.2 Å². The maximum atomic E-state index is 15.3. The highest BCUT2D eigenvalue weighted by Crippen LogP contribution is 2.37. The number of ether oxygens (including phenoxy) is 4. The summed E-state index contributed by atoms with van der Waals surface area (Å²) in [4.78, 5) is 73.5. The van der Waals surface area contributed by atoms with Crippen molar-refractivity contribution in [3.8, 4) is 17.0 Å². The van der Waals surface area contributed by atoms with Crippen molar-refractivity contribution >= 4 is 51.7 Å². The number of piperidine rings is 1. The zero-order chi connectivity index (χ0) is 38.6. The van der Waals surface area contributed by atoms with Crippen LogP contribution in [-0.4, -0.2) is 136 Å². The lowest BCUT2D eigenvalue weighted by Gasteiger charge is -2.36. The van der Waals surface area contributed by atoms with Gasteiger partial charge in [0.2, 0.25) is 23.5 Å². The molecule has 3 aromatic rings. The smallest absolute Gasteiger partial charge is 0.262 e. The summed E-state index contributed by atoms with van der Waals surface area (Å²) >= 11 is 1.40. The molecule has 19 heteroatoms. The third-order valence-corrected chi connectivity index (χ3v) is 10.6. The molecule has 1 unspecified atom stereocenters. The molecular weight excluding hydrogens is 749 g/mol. The van der Waals surface area contributed by atoms with Crippen LogP contribution in [0.1, 0.15) is 33.6 Å². The van der Waals surface area contributed by atoms with Crippen molar-refractivity contribution in [1.29, 1.82) is 0 Å². The fraction of sp³-hybridized carbons (Fsp3) is 0.444. The van der Waals surface area contributed by atoms with Gasteiger partial charge in [0.1, 0.15) is 25.1 Å². The van der Waals surface area contributed by atoms with Crippen LogP contribution in [0.2, 0.25) is 0 Å². The number of amides is 5. The molecule has 15 nitrogen and oxygen atoms in total. The highest BCUT2D eigenvalue weighted by Gasteiger charge is 2.45. The Balaban J connectivity index is 0.828. The summed E-state index contributed by atoms with van der Waals surface area (Å²) in [5.41, 5.74) is 0.682. The molecule has 0 aliphatic carbocycles. The molecule has 1 N–H and O–H groups in total. The van der Waals surface area contributed by atoms with E-state index in [0.29, 0.717) is 37.6 Å². The Morgan fingerprint density at radius 1 is 0.855 bits per heavy atom. The molecule has 7 rings (SSSR count). The van der Waals surface area contributed by atoms with Gasteiger partial charge in [0.05, 0.1) is 55.5 Å². The van der Waals surface area contributed by atoms with Gasteiger partial charge in [-0.2, -0.15) is 4.39 Å². The van der Waals surface area contributed by atoms with E-state index >= 15 is 4.39 Å². The fourth-order valence-corrected chi connectivity index (χ4v) is 7.63. The average molecular weight is 787 g/mol. The number of morpholine rings is 1. The third-order valence-electron chi connectivity index (χ3n) is 9.65. The first-order valence-electron chi connectivity index (χ1n) is 17.7. The zero-order valence-electron chi connectivity index (χ0n) is 29.5. The topological polar surface area (TPSA) is 160 Å². The van der Waals surface area contributed by atoms with Crippen LogP contribution in [0.5, 0.6) is 5.75 Å². The van der Waals surface area contributed by atoms with E-state index in [1.54, 1.807) is 15.2 Å². The van der Waals surface area contributed by atoms with Gasteiger partial charge in [-0.3, -0.25) is 34.2 Å². The van der Waals surface area contributed by atoms with Crippen LogP contribution in [0.25, 0.3) is 11.3 Å². The summed E-state index contributed by atoms with van der Waals surface area (Å²) in [6.07, 6.45) is -0.0446. The summed E-state index contributed by atoms with van der Waals surface area (Å²) in [7, 11) is 0. The van der Waals surface area contributed by atoms with Crippen molar-refractivity contribution < 1.29 is 56.1 Å². The Bertz CT molecular complexity index is 1990. The fourth-order valence-electron chi connectivity index (χ4n) is 6.75. The summed E-state index contributed by atoms with van der Waals surface area (Å²) in [6.45, 7) is 3.46. The summed E-state index contributed by atoms with van der Waals surface area (Å²) in [5.74, 6) is -6.23. The molecule has 4 aliphatic rings. The van der Waals surface area contributed by atoms with Gasteiger partial charge in [-0.05, 0) is 30.7 Å². The molecule has 1 atom stereocenters. The van der Waals surface area contributed by atoms with Gasteiger partial charge in [-0.25, -0.2) is 13.8 Å². The van der Waals surface area contributed by atoms with E-state index in [2.05, 4.69) is 15.2 Å². The van der Waals surface area contributed by atoms with Crippen LogP contribution < -0.4 is 19.9 Å². The Kier molecular flexibility index (Phi) is 11.6. The van der Waals surface area contributed by atoms with Crippen LogP contribution in [-0.2, 0) is 28.6 Å². The number of carbonyl (C=O) groups is 5. The van der Waals surface area contributed by atoms with Crippen molar-refractivity contribution in [2.24, 2.45) is 0 Å². The lowest BCUT2D eigenvalue weighted by Crippen LogP contribution is -2.54. The van der Waals surface area contributed by atoms with E-state index in [0.717, 1.165) is 22.2 Å². The normalized spacial score (nSPS) is 18.9. The number of halogens is 3. The zero-order valence-corrected chi connectivity index (χ0v) is 30.3. The number of carbonyl (C=O) groups excluding carboxylic acids is 5. The second kappa shape index (κ2) is 16.7. The minimum atomic E-state index is -1.16. The van der Waals surface area contributed by atoms with Crippen molar-refractivity contribution in [2.75, 3.05) is 95.3 Å². The van der Waals surface area contributed by atoms with Gasteiger partial charge < -0.3 is 33.6 Å². The van der Waals surface area contributed by atoms with Crippen LogP contribution >= 0.6 is 11.3 Å². The molecule has 3 saturated heterocycles. The molecule has 5 amide bonds. The summed E-state index contributed by atoms with van der Waals surface area (Å²) in [5, 5.41) is 4.65. The van der Waals surface area contributed by atoms with Gasteiger partial charge >= 0.3 is 0 Å². The van der Waals surface area contributed by atoms with Gasteiger partial charge in [0.25, 0.3) is 11.8 Å². The van der Waals surface area contributed by atoms with E-state index in [-0.39, 0.29) is 101 Å². The minimum absolute atomic E-state index is 0.0135. The maximum absolute atomic E-state index is 15.3. The Morgan fingerprint density at radius 2 is 1.56 bits per heavy atom. The van der Waals surface area contributed by atoms with E-state index in [1.165, 1.54) is 23.5 Å². The largest absolute Gasteiger partial charge is 0.487 e. The number of hydrogen-bond donors (Lipinski definition) is 1. The predicted molar refractivity (Wildman–Crippen MR) is 189 cm³/mol. The molecule has 5 heterocycles. The molecule has 4 aliphatic heterocycles. The first-order valence-corrected chi connectivity index (χ1v) is 18.6. The SMILES string of the molecule is O=C1CCC(N2C(=O)c3cc(F)c(N4CCN(C(=O)COCCOCCOc5c(-c6csc(N7CCOCC7)n6)ccc(F)c5F)CC4)cc3C2=O)C(=O)N1. The number of thiazole rings is 1. The van der Waals surface area contributed by atoms with E-state index in [1.807, 2.05) is 0 Å². The molecule has 0 saturated carbocycles. The number of imide groups is 2. The van der Waals surface area contributed by atoms with Crippen LogP contribution in [0.3, 0.4) is 0 Å². The second-order valence-corrected chi connectivity index (χ2v) is 13.9. The van der Waals surface area contributed by atoms with Gasteiger partial charge in [-0.15, -0.1) is 11.3 Å². The van der Waals surface area contributed by atoms with Gasteiger partial charge in [0, 0.05) is 56.6 Å².